The molecule has 0 saturated heterocycles. The van der Waals surface area contributed by atoms with Crippen LogP contribution in [0.3, 0.4) is 0 Å². The van der Waals surface area contributed by atoms with Crippen LogP contribution in [0.15, 0.2) is 53.5 Å². The molecule has 8 nitrogen and oxygen atoms in total. The van der Waals surface area contributed by atoms with Crippen molar-refractivity contribution in [1.29, 1.82) is 0 Å². The Morgan fingerprint density at radius 2 is 1.44 bits per heavy atom. The summed E-state index contributed by atoms with van der Waals surface area (Å²) in [6.45, 7) is 0. The summed E-state index contributed by atoms with van der Waals surface area (Å²) in [4.78, 5) is 21.2. The Labute approximate surface area is 178 Å². The molecular weight excluding hydrogens is 450 g/mol. The summed E-state index contributed by atoms with van der Waals surface area (Å²) >= 11 is 0. The van der Waals surface area contributed by atoms with Crippen LogP contribution in [0.5, 0.6) is 11.5 Å². The Kier molecular flexibility index (Phi) is 11.7. The summed E-state index contributed by atoms with van der Waals surface area (Å²) in [7, 11) is 2.95. The van der Waals surface area contributed by atoms with Crippen molar-refractivity contribution in [3.05, 3.63) is 48.5 Å². The number of ether oxygens (including phenoxy) is 2. The monoisotopic (exact) mass is 468 g/mol. The Balaban J connectivity index is 0.000000506. The van der Waals surface area contributed by atoms with Crippen LogP contribution in [0.25, 0.3) is 0 Å². The van der Waals surface area contributed by atoms with Crippen molar-refractivity contribution in [2.45, 2.75) is 12.6 Å². The third kappa shape index (κ3) is 13.3. The van der Waals surface area contributed by atoms with Crippen LogP contribution in [0.4, 0.5) is 42.5 Å². The molecule has 14 heteroatoms. The maximum Gasteiger partial charge on any atom is 0.513 e. The highest BCUT2D eigenvalue weighted by atomic mass is 19.4. The van der Waals surface area contributed by atoms with Crippen LogP contribution in [-0.2, 0) is 4.79 Å². The predicted octanol–water partition coefficient (Wildman–Crippen LogP) is 4.46. The molecule has 2 amide bonds. The number of alkyl halides is 6. The zero-order valence-electron chi connectivity index (χ0n) is 16.5. The number of para-hydroxylation sites is 4. The number of aliphatic imine (C=N–C) groups is 1. The summed E-state index contributed by atoms with van der Waals surface area (Å²) < 4.78 is 77.0. The maximum atomic E-state index is 11.8. The van der Waals surface area contributed by atoms with Crippen LogP contribution < -0.4 is 25.8 Å². The van der Waals surface area contributed by atoms with E-state index in [0.29, 0.717) is 11.8 Å². The van der Waals surface area contributed by atoms with Crippen LogP contribution in [0.2, 0.25) is 0 Å². The molecular formula is C18H18F6N4O4. The minimum atomic E-state index is -4.76. The van der Waals surface area contributed by atoms with Gasteiger partial charge in [-0.3, -0.25) is 0 Å². The van der Waals surface area contributed by atoms with E-state index < -0.39 is 18.6 Å². The normalized spacial score (nSPS) is 10.1. The molecule has 0 bridgehead atoms. The second kappa shape index (κ2) is 13.4. The number of urea groups is 1. The predicted molar refractivity (Wildman–Crippen MR) is 103 cm³/mol. The van der Waals surface area contributed by atoms with E-state index in [4.69, 9.17) is 20.0 Å². The first-order chi connectivity index (χ1) is 14.8. The van der Waals surface area contributed by atoms with E-state index >= 15 is 0 Å². The molecule has 176 valence electrons. The van der Waals surface area contributed by atoms with Gasteiger partial charge in [0.1, 0.15) is 11.5 Å². The Morgan fingerprint density at radius 3 is 1.81 bits per heavy atom. The van der Waals surface area contributed by atoms with Crippen molar-refractivity contribution < 1.29 is 45.4 Å². The minimum Gasteiger partial charge on any atom is -0.495 e. The summed E-state index contributed by atoms with van der Waals surface area (Å²) in [5, 5.41) is 2.84. The molecule has 0 fully saturated rings. The van der Waals surface area contributed by atoms with Gasteiger partial charge in [0.05, 0.1) is 25.6 Å². The summed E-state index contributed by atoms with van der Waals surface area (Å²) in [5.74, 6) is 1.01. The highest BCUT2D eigenvalue weighted by Crippen LogP contribution is 2.23. The molecule has 4 N–H and O–H groups in total. The molecule has 0 saturated carbocycles. The Hall–Kier alpha value is -3.93. The van der Waals surface area contributed by atoms with Crippen molar-refractivity contribution in [2.24, 2.45) is 4.99 Å². The van der Waals surface area contributed by atoms with Gasteiger partial charge in [-0.25, -0.2) is 14.9 Å². The average molecular weight is 468 g/mol. The number of nitrogens with zero attached hydrogens (tertiary/aromatic N) is 1. The molecule has 0 unspecified atom stereocenters. The number of hydrogen-bond donors (Lipinski definition) is 3. The van der Waals surface area contributed by atoms with Gasteiger partial charge in [0.2, 0.25) is 6.08 Å². The molecule has 0 radical (unpaired) electrons. The Bertz CT molecular complexity index is 900. The molecule has 0 spiro atoms. The van der Waals surface area contributed by atoms with Gasteiger partial charge in [-0.1, -0.05) is 24.3 Å². The van der Waals surface area contributed by atoms with Gasteiger partial charge in [0.15, 0.2) is 0 Å². The zero-order chi connectivity index (χ0) is 24.8. The van der Waals surface area contributed by atoms with Crippen LogP contribution in [-0.4, -0.2) is 38.9 Å². The highest BCUT2D eigenvalue weighted by Gasteiger charge is 2.30. The van der Waals surface area contributed by atoms with Crippen LogP contribution >= 0.6 is 0 Å². The molecule has 0 aliphatic carbocycles. The van der Waals surface area contributed by atoms with Gasteiger partial charge in [0.25, 0.3) is 0 Å². The number of nitrogen functional groups attached to an aromatic ring is 1. The van der Waals surface area contributed by atoms with E-state index in [-0.39, 0.29) is 11.4 Å². The maximum absolute atomic E-state index is 11.8. The van der Waals surface area contributed by atoms with E-state index in [0.717, 1.165) is 11.1 Å². The molecule has 2 aromatic carbocycles. The molecule has 0 aliphatic rings. The first-order valence-electron chi connectivity index (χ1n) is 8.16. The first-order valence-corrected chi connectivity index (χ1v) is 8.16. The lowest BCUT2D eigenvalue weighted by Gasteiger charge is -2.12. The number of rotatable bonds is 3. The fourth-order valence-corrected chi connectivity index (χ4v) is 1.75. The number of benzene rings is 2. The first kappa shape index (κ1) is 28.1. The van der Waals surface area contributed by atoms with Crippen molar-refractivity contribution >= 4 is 23.5 Å². The van der Waals surface area contributed by atoms with E-state index in [1.165, 1.54) is 24.2 Å². The molecule has 0 aliphatic heterocycles. The number of hydrogen-bond acceptors (Lipinski definition) is 6. The van der Waals surface area contributed by atoms with Gasteiger partial charge in [-0.15, -0.1) is 18.2 Å². The van der Waals surface area contributed by atoms with Gasteiger partial charge in [0, 0.05) is 0 Å². The van der Waals surface area contributed by atoms with Crippen LogP contribution in [0, 0.1) is 0 Å². The fourth-order valence-electron chi connectivity index (χ4n) is 1.75. The number of nitrogens with one attached hydrogen (secondary N) is 2. The second-order valence-corrected chi connectivity index (χ2v) is 5.19. The fraction of sp³-hybridized carbons (Fsp3) is 0.222. The summed E-state index contributed by atoms with van der Waals surface area (Å²) in [6.07, 6.45) is -9.15. The number of halogens is 6. The summed E-state index contributed by atoms with van der Waals surface area (Å²) in [6, 6.07) is 12.2. The second-order valence-electron chi connectivity index (χ2n) is 5.19. The molecule has 0 heterocycles. The van der Waals surface area contributed by atoms with E-state index in [2.05, 4.69) is 0 Å². The minimum absolute atomic E-state index is 0.159. The topological polar surface area (TPSA) is 115 Å². The van der Waals surface area contributed by atoms with E-state index in [1.54, 1.807) is 25.3 Å². The average Bonchev–Trinajstić information content (AvgIpc) is 2.67. The van der Waals surface area contributed by atoms with Crippen molar-refractivity contribution in [1.82, 2.24) is 5.32 Å². The number of nitrogens with two attached hydrogens (primary N) is 1. The van der Waals surface area contributed by atoms with E-state index in [1.807, 2.05) is 23.5 Å². The van der Waals surface area contributed by atoms with Crippen molar-refractivity contribution in [2.75, 3.05) is 25.3 Å². The lowest BCUT2D eigenvalue weighted by atomic mass is 10.3. The van der Waals surface area contributed by atoms with E-state index in [9.17, 15) is 31.1 Å². The van der Waals surface area contributed by atoms with Gasteiger partial charge >= 0.3 is 18.6 Å². The highest BCUT2D eigenvalue weighted by molar-refractivity contribution is 5.91. The number of carbonyl (C=O) groups is 1. The number of isocyanates is 1. The number of amides is 2. The zero-order valence-corrected chi connectivity index (χ0v) is 16.5. The lowest BCUT2D eigenvalue weighted by Crippen LogP contribution is -2.40. The van der Waals surface area contributed by atoms with Crippen molar-refractivity contribution in [3.63, 3.8) is 0 Å². The molecule has 0 aromatic heterocycles. The number of anilines is 2. The lowest BCUT2D eigenvalue weighted by molar-refractivity contribution is -0.144. The number of carbonyl (C=O) groups excluding carboxylic acids is 2. The molecule has 2 aromatic rings. The number of methoxy groups -OCH3 is 2. The smallest absolute Gasteiger partial charge is 0.495 e. The quantitative estimate of drug-likeness (QED) is 0.202. The van der Waals surface area contributed by atoms with Gasteiger partial charge in [-0.2, -0.15) is 13.2 Å². The molecule has 2 rings (SSSR count). The van der Waals surface area contributed by atoms with Gasteiger partial charge in [-0.05, 0) is 24.3 Å². The third-order valence-corrected chi connectivity index (χ3v) is 2.92. The molecule has 0 atom stereocenters. The third-order valence-electron chi connectivity index (χ3n) is 2.92. The van der Waals surface area contributed by atoms with Crippen molar-refractivity contribution in [3.8, 4) is 11.5 Å². The standard InChI is InChI=1S/C9H9F3N2O2.C7H9NO.C2F3NO/c1-16-7-5-3-2-4-6(7)13-8(15)14-9(10,11)12;1-9-7-5-3-2-4-6(7)8;3-2(4,5)6-1-7/h2-5H,1H3,(H2,13,14,15);2-5H,8H2,1H3;. The van der Waals surface area contributed by atoms with Crippen LogP contribution in [0.1, 0.15) is 0 Å². The molecule has 32 heavy (non-hydrogen) atoms. The summed E-state index contributed by atoms with van der Waals surface area (Å²) in [5.41, 5.74) is 6.35. The largest absolute Gasteiger partial charge is 0.513 e. The van der Waals surface area contributed by atoms with Gasteiger partial charge < -0.3 is 20.5 Å². The SMILES string of the molecule is COc1ccccc1N.COc1ccccc1NC(=O)NC(F)(F)F.O=C=NC(F)(F)F. The Morgan fingerprint density at radius 1 is 0.938 bits per heavy atom.